The summed E-state index contributed by atoms with van der Waals surface area (Å²) in [6.45, 7) is 4.25. The zero-order chi connectivity index (χ0) is 11.6. The van der Waals surface area contributed by atoms with E-state index in [2.05, 4.69) is 12.2 Å². The Morgan fingerprint density at radius 1 is 1.12 bits per heavy atom. The van der Waals surface area contributed by atoms with Crippen molar-refractivity contribution in [3.8, 4) is 0 Å². The summed E-state index contributed by atoms with van der Waals surface area (Å²) in [4.78, 5) is 0. The molecule has 0 unspecified atom stereocenters. The van der Waals surface area contributed by atoms with Crippen molar-refractivity contribution in [2.75, 3.05) is 19.7 Å². The van der Waals surface area contributed by atoms with Gasteiger partial charge in [-0.15, -0.1) is 0 Å². The molecule has 0 radical (unpaired) electrons. The van der Waals surface area contributed by atoms with E-state index in [9.17, 15) is 10.2 Å². The van der Waals surface area contributed by atoms with Gasteiger partial charge in [-0.3, -0.25) is 0 Å². The number of hydrogen-bond acceptors (Lipinski definition) is 3. The Hall–Kier alpha value is -0.120. The lowest BCUT2D eigenvalue weighted by molar-refractivity contribution is -0.148. The first kappa shape index (κ1) is 12.3. The maximum atomic E-state index is 10.9. The molecule has 0 spiro atoms. The summed E-state index contributed by atoms with van der Waals surface area (Å²) in [5, 5.41) is 23.9. The molecule has 0 amide bonds. The van der Waals surface area contributed by atoms with Gasteiger partial charge in [0.1, 0.15) is 0 Å². The molecule has 0 atom stereocenters. The Balaban J connectivity index is 2.12. The second-order valence-corrected chi connectivity index (χ2v) is 5.90. The zero-order valence-electron chi connectivity index (χ0n) is 10.3. The summed E-state index contributed by atoms with van der Waals surface area (Å²) < 4.78 is 0. The second kappa shape index (κ2) is 4.63. The van der Waals surface area contributed by atoms with Gasteiger partial charge in [0.2, 0.25) is 0 Å². The van der Waals surface area contributed by atoms with Crippen LogP contribution in [0.4, 0.5) is 0 Å². The zero-order valence-corrected chi connectivity index (χ0v) is 10.3. The van der Waals surface area contributed by atoms with Gasteiger partial charge in [-0.2, -0.15) is 0 Å². The van der Waals surface area contributed by atoms with Crippen molar-refractivity contribution in [3.63, 3.8) is 0 Å². The minimum absolute atomic E-state index is 0.138. The van der Waals surface area contributed by atoms with Crippen molar-refractivity contribution < 1.29 is 10.2 Å². The molecule has 2 rings (SSSR count). The first-order valence-corrected chi connectivity index (χ1v) is 6.66. The van der Waals surface area contributed by atoms with Crippen molar-refractivity contribution in [2.45, 2.75) is 51.0 Å². The van der Waals surface area contributed by atoms with Crippen molar-refractivity contribution in [1.82, 2.24) is 5.32 Å². The van der Waals surface area contributed by atoms with Gasteiger partial charge >= 0.3 is 0 Å². The predicted octanol–water partition coefficient (Wildman–Crippen LogP) is 1.29. The molecule has 16 heavy (non-hydrogen) atoms. The van der Waals surface area contributed by atoms with Gasteiger partial charge in [0, 0.05) is 5.41 Å². The van der Waals surface area contributed by atoms with Crippen LogP contribution in [0.25, 0.3) is 0 Å². The van der Waals surface area contributed by atoms with E-state index in [4.69, 9.17) is 0 Å². The number of piperidine rings is 1. The molecule has 3 N–H and O–H groups in total. The van der Waals surface area contributed by atoms with Crippen molar-refractivity contribution >= 4 is 0 Å². The topological polar surface area (TPSA) is 52.5 Å². The van der Waals surface area contributed by atoms with Gasteiger partial charge in [0.15, 0.2) is 0 Å². The van der Waals surface area contributed by atoms with E-state index in [0.29, 0.717) is 0 Å². The van der Waals surface area contributed by atoms with Gasteiger partial charge < -0.3 is 15.5 Å². The Morgan fingerprint density at radius 3 is 2.19 bits per heavy atom. The van der Waals surface area contributed by atoms with Crippen LogP contribution in [0.2, 0.25) is 0 Å². The maximum Gasteiger partial charge on any atom is 0.0726 e. The molecule has 1 heterocycles. The standard InChI is InChI=1S/C13H25NO2/c1-11-2-4-13(16,5-3-11)12(10-15)6-8-14-9-7-12/h11,14-16H,2-10H2,1H3. The van der Waals surface area contributed by atoms with E-state index in [1.807, 2.05) is 0 Å². The van der Waals surface area contributed by atoms with Gasteiger partial charge in [0.05, 0.1) is 12.2 Å². The van der Waals surface area contributed by atoms with Gasteiger partial charge in [-0.25, -0.2) is 0 Å². The molecule has 1 saturated heterocycles. The van der Waals surface area contributed by atoms with Crippen LogP contribution in [-0.4, -0.2) is 35.5 Å². The van der Waals surface area contributed by atoms with Crippen LogP contribution in [0.5, 0.6) is 0 Å². The van der Waals surface area contributed by atoms with Crippen molar-refractivity contribution in [1.29, 1.82) is 0 Å². The van der Waals surface area contributed by atoms with E-state index in [0.717, 1.165) is 57.5 Å². The quantitative estimate of drug-likeness (QED) is 0.666. The van der Waals surface area contributed by atoms with Crippen molar-refractivity contribution in [2.24, 2.45) is 11.3 Å². The first-order valence-electron chi connectivity index (χ1n) is 6.66. The molecule has 0 aromatic carbocycles. The van der Waals surface area contributed by atoms with Gasteiger partial charge in [-0.05, 0) is 57.5 Å². The minimum Gasteiger partial charge on any atom is -0.396 e. The Kier molecular flexibility index (Phi) is 3.57. The number of aliphatic hydroxyl groups is 2. The summed E-state index contributed by atoms with van der Waals surface area (Å²) in [6, 6.07) is 0. The molecule has 1 aliphatic carbocycles. The fraction of sp³-hybridized carbons (Fsp3) is 1.00. The molecule has 1 saturated carbocycles. The highest BCUT2D eigenvalue weighted by Gasteiger charge is 2.50. The maximum absolute atomic E-state index is 10.9. The highest BCUT2D eigenvalue weighted by atomic mass is 16.3. The third kappa shape index (κ3) is 2.01. The molecule has 0 bridgehead atoms. The van der Waals surface area contributed by atoms with E-state index >= 15 is 0 Å². The summed E-state index contributed by atoms with van der Waals surface area (Å²) in [5.41, 5.74) is -0.852. The molecule has 0 aromatic rings. The normalized spacial score (nSPS) is 39.6. The fourth-order valence-electron chi connectivity index (χ4n) is 3.45. The Bertz CT molecular complexity index is 228. The molecule has 2 aliphatic rings. The van der Waals surface area contributed by atoms with Crippen LogP contribution in [0.1, 0.15) is 45.4 Å². The smallest absolute Gasteiger partial charge is 0.0726 e. The molecule has 2 fully saturated rings. The van der Waals surface area contributed by atoms with E-state index in [1.54, 1.807) is 0 Å². The molecular weight excluding hydrogens is 202 g/mol. The summed E-state index contributed by atoms with van der Waals surface area (Å²) >= 11 is 0. The summed E-state index contributed by atoms with van der Waals surface area (Å²) in [5.74, 6) is 0.734. The Morgan fingerprint density at radius 2 is 1.69 bits per heavy atom. The van der Waals surface area contributed by atoms with Gasteiger partial charge in [-0.1, -0.05) is 6.92 Å². The van der Waals surface area contributed by atoms with Crippen LogP contribution < -0.4 is 5.32 Å². The number of rotatable bonds is 2. The lowest BCUT2D eigenvalue weighted by Crippen LogP contribution is -2.56. The van der Waals surface area contributed by atoms with Crippen LogP contribution in [-0.2, 0) is 0 Å². The number of aliphatic hydroxyl groups excluding tert-OH is 1. The van der Waals surface area contributed by atoms with Crippen LogP contribution in [0.15, 0.2) is 0 Å². The number of hydrogen-bond donors (Lipinski definition) is 3. The highest BCUT2D eigenvalue weighted by Crippen LogP contribution is 2.48. The van der Waals surface area contributed by atoms with E-state index < -0.39 is 5.60 Å². The van der Waals surface area contributed by atoms with Crippen LogP contribution in [0.3, 0.4) is 0 Å². The summed E-state index contributed by atoms with van der Waals surface area (Å²) in [6.07, 6.45) is 5.77. The van der Waals surface area contributed by atoms with Gasteiger partial charge in [0.25, 0.3) is 0 Å². The molecule has 0 aromatic heterocycles. The highest BCUT2D eigenvalue weighted by molar-refractivity contribution is 5.02. The van der Waals surface area contributed by atoms with E-state index in [1.165, 1.54) is 0 Å². The SMILES string of the molecule is CC1CCC(O)(C2(CO)CCNCC2)CC1. The molecule has 94 valence electrons. The average Bonchev–Trinajstić information content (AvgIpc) is 2.34. The van der Waals surface area contributed by atoms with Crippen LogP contribution >= 0.6 is 0 Å². The molecule has 1 aliphatic heterocycles. The lowest BCUT2D eigenvalue weighted by Gasteiger charge is -2.51. The fourth-order valence-corrected chi connectivity index (χ4v) is 3.45. The van der Waals surface area contributed by atoms with E-state index in [-0.39, 0.29) is 12.0 Å². The monoisotopic (exact) mass is 227 g/mol. The third-order valence-electron chi connectivity index (χ3n) is 4.95. The third-order valence-corrected chi connectivity index (χ3v) is 4.95. The molecular formula is C13H25NO2. The molecule has 3 nitrogen and oxygen atoms in total. The average molecular weight is 227 g/mol. The van der Waals surface area contributed by atoms with Crippen molar-refractivity contribution in [3.05, 3.63) is 0 Å². The van der Waals surface area contributed by atoms with Crippen LogP contribution in [0, 0.1) is 11.3 Å². The lowest BCUT2D eigenvalue weighted by atomic mass is 9.60. The summed E-state index contributed by atoms with van der Waals surface area (Å²) in [7, 11) is 0. The predicted molar refractivity (Wildman–Crippen MR) is 64.2 cm³/mol. The minimum atomic E-state index is -0.615. The largest absolute Gasteiger partial charge is 0.396 e. The number of nitrogens with one attached hydrogen (secondary N) is 1. The second-order valence-electron chi connectivity index (χ2n) is 5.90. The Labute approximate surface area is 98.2 Å². The first-order chi connectivity index (χ1) is 7.62. The molecule has 3 heteroatoms.